The number of nitrogens with zero attached hydrogens (tertiary/aromatic N) is 5. The average molecular weight is 449 g/mol. The van der Waals surface area contributed by atoms with Crippen LogP contribution in [0, 0.1) is 6.92 Å². The lowest BCUT2D eigenvalue weighted by molar-refractivity contribution is 0.102. The Morgan fingerprint density at radius 3 is 2.68 bits per heavy atom. The van der Waals surface area contributed by atoms with Crippen molar-refractivity contribution >= 4 is 22.5 Å². The van der Waals surface area contributed by atoms with Crippen LogP contribution >= 0.6 is 0 Å². The molecule has 0 bridgehead atoms. The zero-order chi connectivity index (χ0) is 23.5. The van der Waals surface area contributed by atoms with Crippen LogP contribution in [0.25, 0.3) is 22.3 Å². The molecular formula is C27H24N6O. The molecule has 0 radical (unpaired) electrons. The van der Waals surface area contributed by atoms with Crippen LogP contribution in [0.2, 0.25) is 0 Å². The summed E-state index contributed by atoms with van der Waals surface area (Å²) in [6.45, 7) is 2.05. The van der Waals surface area contributed by atoms with E-state index < -0.39 is 0 Å². The molecule has 0 saturated carbocycles. The third-order valence-corrected chi connectivity index (χ3v) is 6.03. The van der Waals surface area contributed by atoms with Crippen LogP contribution in [0.4, 0.5) is 5.69 Å². The number of hydrogen-bond donors (Lipinski definition) is 1. The van der Waals surface area contributed by atoms with E-state index in [-0.39, 0.29) is 5.91 Å². The first-order valence-electron chi connectivity index (χ1n) is 11.1. The Bertz CT molecular complexity index is 1480. The molecule has 0 unspecified atom stereocenters. The van der Waals surface area contributed by atoms with Gasteiger partial charge >= 0.3 is 0 Å². The minimum atomic E-state index is -0.148. The Morgan fingerprint density at radius 1 is 1.00 bits per heavy atom. The molecule has 0 fully saturated rings. The lowest BCUT2D eigenvalue weighted by Crippen LogP contribution is -2.15. The van der Waals surface area contributed by atoms with Gasteiger partial charge in [-0.15, -0.1) is 5.10 Å². The quantitative estimate of drug-likeness (QED) is 0.404. The number of aryl methyl sites for hydroxylation is 2. The Kier molecular flexibility index (Phi) is 5.82. The summed E-state index contributed by atoms with van der Waals surface area (Å²) in [5, 5.41) is 16.9. The van der Waals surface area contributed by atoms with E-state index >= 15 is 0 Å². The normalized spacial score (nSPS) is 11.0. The molecule has 7 heteroatoms. The number of carbonyl (C=O) groups is 1. The largest absolute Gasteiger partial charge is 0.321 e. The third-order valence-electron chi connectivity index (χ3n) is 6.03. The highest BCUT2D eigenvalue weighted by atomic mass is 16.1. The van der Waals surface area contributed by atoms with Crippen LogP contribution in [0.1, 0.15) is 27.2 Å². The number of pyridine rings is 1. The number of nitrogens with one attached hydrogen (secondary N) is 1. The fourth-order valence-electron chi connectivity index (χ4n) is 4.14. The van der Waals surface area contributed by atoms with E-state index in [0.717, 1.165) is 45.5 Å². The van der Waals surface area contributed by atoms with Gasteiger partial charge in [-0.3, -0.25) is 14.5 Å². The summed E-state index contributed by atoms with van der Waals surface area (Å²) in [4.78, 5) is 17.6. The first-order valence-corrected chi connectivity index (χ1v) is 11.1. The van der Waals surface area contributed by atoms with Gasteiger partial charge in [-0.1, -0.05) is 36.4 Å². The molecule has 1 N–H and O–H groups in total. The number of rotatable bonds is 6. The van der Waals surface area contributed by atoms with E-state index in [1.807, 2.05) is 85.4 Å². The van der Waals surface area contributed by atoms with Crippen LogP contribution in [0.3, 0.4) is 0 Å². The third kappa shape index (κ3) is 4.28. The van der Waals surface area contributed by atoms with Crippen molar-refractivity contribution in [2.75, 3.05) is 5.32 Å². The number of carbonyl (C=O) groups excluding carboxylic acids is 1. The molecular weight excluding hydrogens is 424 g/mol. The maximum Gasteiger partial charge on any atom is 0.255 e. The summed E-state index contributed by atoms with van der Waals surface area (Å²) < 4.78 is 1.87. The number of fused-ring (bicyclic) bond motifs is 1. The van der Waals surface area contributed by atoms with Gasteiger partial charge in [0.1, 0.15) is 11.4 Å². The SMILES string of the molecule is Cc1c(CCc2ccccc2C(=O)Nc2cnc3ccccc3c2)c(-c2cccnn2)nn1C. The van der Waals surface area contributed by atoms with Crippen molar-refractivity contribution in [2.45, 2.75) is 19.8 Å². The van der Waals surface area contributed by atoms with E-state index in [0.29, 0.717) is 17.7 Å². The van der Waals surface area contributed by atoms with Crippen molar-refractivity contribution in [3.8, 4) is 11.4 Å². The first-order chi connectivity index (χ1) is 16.6. The Labute approximate surface area is 197 Å². The molecule has 34 heavy (non-hydrogen) atoms. The van der Waals surface area contributed by atoms with E-state index in [1.54, 1.807) is 12.4 Å². The molecule has 5 rings (SSSR count). The molecule has 0 aliphatic carbocycles. The Hall–Kier alpha value is -4.39. The lowest BCUT2D eigenvalue weighted by Gasteiger charge is -2.11. The number of benzene rings is 2. The van der Waals surface area contributed by atoms with Gasteiger partial charge in [0, 0.05) is 35.5 Å². The summed E-state index contributed by atoms with van der Waals surface area (Å²) in [5.74, 6) is -0.148. The van der Waals surface area contributed by atoms with Gasteiger partial charge in [0.25, 0.3) is 5.91 Å². The van der Waals surface area contributed by atoms with Gasteiger partial charge in [-0.05, 0) is 55.7 Å². The van der Waals surface area contributed by atoms with Crippen molar-refractivity contribution in [1.29, 1.82) is 0 Å². The minimum Gasteiger partial charge on any atom is -0.321 e. The molecule has 0 spiro atoms. The molecule has 0 saturated heterocycles. The molecule has 168 valence electrons. The summed E-state index contributed by atoms with van der Waals surface area (Å²) in [5.41, 5.74) is 6.95. The highest BCUT2D eigenvalue weighted by molar-refractivity contribution is 6.05. The zero-order valence-corrected chi connectivity index (χ0v) is 19.1. The van der Waals surface area contributed by atoms with Crippen molar-refractivity contribution in [2.24, 2.45) is 7.05 Å². The monoisotopic (exact) mass is 448 g/mol. The number of para-hydroxylation sites is 1. The predicted octanol–water partition coefficient (Wildman–Crippen LogP) is 4.77. The van der Waals surface area contributed by atoms with Gasteiger partial charge in [0.15, 0.2) is 0 Å². The molecule has 5 aromatic rings. The topological polar surface area (TPSA) is 85.6 Å². The fourth-order valence-corrected chi connectivity index (χ4v) is 4.14. The summed E-state index contributed by atoms with van der Waals surface area (Å²) >= 11 is 0. The number of aromatic nitrogens is 5. The summed E-state index contributed by atoms with van der Waals surface area (Å²) in [6.07, 6.45) is 4.76. The first kappa shape index (κ1) is 21.5. The van der Waals surface area contributed by atoms with E-state index in [9.17, 15) is 4.79 Å². The van der Waals surface area contributed by atoms with Crippen LogP contribution < -0.4 is 5.32 Å². The maximum absolute atomic E-state index is 13.2. The smallest absolute Gasteiger partial charge is 0.255 e. The van der Waals surface area contributed by atoms with Gasteiger partial charge in [0.2, 0.25) is 0 Å². The molecule has 1 amide bonds. The van der Waals surface area contributed by atoms with Crippen LogP contribution in [0.15, 0.2) is 79.1 Å². The molecule has 3 aromatic heterocycles. The van der Waals surface area contributed by atoms with Gasteiger partial charge in [-0.2, -0.15) is 10.2 Å². The Morgan fingerprint density at radius 2 is 1.82 bits per heavy atom. The van der Waals surface area contributed by atoms with Gasteiger partial charge < -0.3 is 5.32 Å². The molecule has 3 heterocycles. The zero-order valence-electron chi connectivity index (χ0n) is 19.1. The van der Waals surface area contributed by atoms with Crippen LogP contribution in [-0.2, 0) is 19.9 Å². The minimum absolute atomic E-state index is 0.148. The standard InChI is InChI=1S/C27H24N6O/c1-18-22(26(32-33(18)2)25-12-7-15-29-31-25)14-13-19-8-3-5-10-23(19)27(34)30-21-16-20-9-4-6-11-24(20)28-17-21/h3-12,15-17H,13-14H2,1-2H3,(H,30,34). The van der Waals surface area contributed by atoms with E-state index in [4.69, 9.17) is 0 Å². The van der Waals surface area contributed by atoms with Crippen LogP contribution in [0.5, 0.6) is 0 Å². The molecule has 0 atom stereocenters. The molecule has 0 aliphatic heterocycles. The second-order valence-corrected chi connectivity index (χ2v) is 8.17. The Balaban J connectivity index is 1.38. The second kappa shape index (κ2) is 9.23. The summed E-state index contributed by atoms with van der Waals surface area (Å²) in [6, 6.07) is 21.3. The number of hydrogen-bond acceptors (Lipinski definition) is 5. The highest BCUT2D eigenvalue weighted by Gasteiger charge is 2.18. The second-order valence-electron chi connectivity index (χ2n) is 8.17. The van der Waals surface area contributed by atoms with Crippen molar-refractivity contribution in [3.05, 3.63) is 102 Å². The molecule has 2 aromatic carbocycles. The number of anilines is 1. The van der Waals surface area contributed by atoms with Crippen LogP contribution in [-0.4, -0.2) is 30.9 Å². The van der Waals surface area contributed by atoms with Gasteiger partial charge in [-0.25, -0.2) is 0 Å². The van der Waals surface area contributed by atoms with Crippen molar-refractivity contribution in [3.63, 3.8) is 0 Å². The maximum atomic E-state index is 13.2. The lowest BCUT2D eigenvalue weighted by atomic mass is 9.97. The van der Waals surface area contributed by atoms with Crippen molar-refractivity contribution < 1.29 is 4.79 Å². The summed E-state index contributed by atoms with van der Waals surface area (Å²) in [7, 11) is 1.93. The molecule has 0 aliphatic rings. The average Bonchev–Trinajstić information content (AvgIpc) is 3.16. The molecule has 7 nitrogen and oxygen atoms in total. The predicted molar refractivity (Wildman–Crippen MR) is 133 cm³/mol. The highest BCUT2D eigenvalue weighted by Crippen LogP contribution is 2.25. The fraction of sp³-hybridized carbons (Fsp3) is 0.148. The van der Waals surface area contributed by atoms with Crippen molar-refractivity contribution in [1.82, 2.24) is 25.0 Å². The van der Waals surface area contributed by atoms with E-state index in [2.05, 4.69) is 25.6 Å². The van der Waals surface area contributed by atoms with E-state index in [1.165, 1.54) is 0 Å². The van der Waals surface area contributed by atoms with Gasteiger partial charge in [0.05, 0.1) is 17.4 Å². The number of amides is 1.